The zero-order valence-electron chi connectivity index (χ0n) is 23.0. The van der Waals surface area contributed by atoms with E-state index in [1.807, 2.05) is 84.9 Å². The largest absolute Gasteiger partial charge is 0.334 e. The summed E-state index contributed by atoms with van der Waals surface area (Å²) in [6, 6.07) is 32.6. The molecule has 0 unspecified atom stereocenters. The minimum absolute atomic E-state index is 0.0111. The Hall–Kier alpha value is -4.69. The first-order chi connectivity index (χ1) is 20.0. The smallest absolute Gasteiger partial charge is 0.333 e. The zero-order chi connectivity index (χ0) is 28.3. The third kappa shape index (κ3) is 5.38. The monoisotopic (exact) mass is 547 g/mol. The average molecular weight is 548 g/mol. The van der Waals surface area contributed by atoms with E-state index >= 15 is 0 Å². The molecule has 0 radical (unpaired) electrons. The number of nitrogens with one attached hydrogen (secondary N) is 1. The molecule has 8 heteroatoms. The van der Waals surface area contributed by atoms with Gasteiger partial charge in [-0.25, -0.2) is 14.8 Å². The minimum atomic E-state index is -0.725. The van der Waals surface area contributed by atoms with Gasteiger partial charge < -0.3 is 15.1 Å². The number of piperazine rings is 1. The van der Waals surface area contributed by atoms with Gasteiger partial charge in [-0.1, -0.05) is 103 Å². The molecule has 0 bridgehead atoms. The molecular formula is C33H33N5O3. The second-order valence-electron chi connectivity index (χ2n) is 10.6. The van der Waals surface area contributed by atoms with Crippen molar-refractivity contribution in [3.8, 4) is 0 Å². The van der Waals surface area contributed by atoms with Gasteiger partial charge in [-0.3, -0.25) is 9.59 Å². The van der Waals surface area contributed by atoms with Crippen molar-refractivity contribution >= 4 is 28.6 Å². The number of hydrogen-bond acceptors (Lipinski definition) is 4. The lowest BCUT2D eigenvalue weighted by Gasteiger charge is -2.54. The van der Waals surface area contributed by atoms with Crippen LogP contribution in [0.4, 0.5) is 4.79 Å². The van der Waals surface area contributed by atoms with Crippen LogP contribution in [-0.2, 0) is 29.1 Å². The topological polar surface area (TPSA) is 76.2 Å². The summed E-state index contributed by atoms with van der Waals surface area (Å²) >= 11 is 0. The fraction of sp³-hybridized carbons (Fsp3) is 0.242. The van der Waals surface area contributed by atoms with Crippen molar-refractivity contribution in [2.24, 2.45) is 0 Å². The molecule has 6 rings (SSSR count). The second kappa shape index (κ2) is 11.4. The van der Waals surface area contributed by atoms with Crippen molar-refractivity contribution in [1.82, 2.24) is 25.1 Å². The predicted octanol–water partition coefficient (Wildman–Crippen LogP) is 4.02. The summed E-state index contributed by atoms with van der Waals surface area (Å²) in [4.78, 5) is 44.8. The second-order valence-corrected chi connectivity index (χ2v) is 10.6. The third-order valence-corrected chi connectivity index (χ3v) is 7.95. The van der Waals surface area contributed by atoms with Gasteiger partial charge in [0.2, 0.25) is 11.8 Å². The number of amides is 4. The number of hydrazine groups is 1. The quantitative estimate of drug-likeness (QED) is 0.396. The van der Waals surface area contributed by atoms with Gasteiger partial charge in [0, 0.05) is 26.6 Å². The SMILES string of the molecule is CN1CC(=O)N2[C@@H](Cc3ccccc3)C(=O)N(Cc3cccc4ccccc34)C[C@@H]2N1C(=O)NCc1ccccc1. The van der Waals surface area contributed by atoms with E-state index in [1.54, 1.807) is 26.9 Å². The Bertz CT molecular complexity index is 1560. The van der Waals surface area contributed by atoms with Gasteiger partial charge in [-0.15, -0.1) is 0 Å². The molecule has 0 aromatic heterocycles. The maximum absolute atomic E-state index is 14.1. The lowest BCUT2D eigenvalue weighted by Crippen LogP contribution is -2.76. The van der Waals surface area contributed by atoms with Crippen molar-refractivity contribution in [3.63, 3.8) is 0 Å². The standard InChI is InChI=1S/C33H33N5O3/c1-35-23-31(39)37-29(19-24-11-4-2-5-12-24)32(40)36(21-27-17-10-16-26-15-8-9-18-28(26)27)22-30(37)38(35)33(41)34-20-25-13-6-3-7-14-25/h2-18,29-30H,19-23H2,1H3,(H,34,41)/t29-,30-/m0/s1. The summed E-state index contributed by atoms with van der Waals surface area (Å²) in [7, 11) is 1.75. The summed E-state index contributed by atoms with van der Waals surface area (Å²) in [5.74, 6) is -0.274. The van der Waals surface area contributed by atoms with E-state index in [2.05, 4.69) is 23.5 Å². The summed E-state index contributed by atoms with van der Waals surface area (Å²) in [6.45, 7) is 0.962. The molecule has 1 N–H and O–H groups in total. The van der Waals surface area contributed by atoms with Crippen molar-refractivity contribution in [1.29, 1.82) is 0 Å². The van der Waals surface area contributed by atoms with Gasteiger partial charge in [-0.05, 0) is 27.5 Å². The molecule has 2 heterocycles. The van der Waals surface area contributed by atoms with Crippen LogP contribution in [0.1, 0.15) is 16.7 Å². The molecule has 2 saturated heterocycles. The lowest BCUT2D eigenvalue weighted by molar-refractivity contribution is -0.187. The molecule has 4 amide bonds. The first-order valence-corrected chi connectivity index (χ1v) is 13.9. The van der Waals surface area contributed by atoms with E-state index in [-0.39, 0.29) is 30.9 Å². The molecule has 2 aliphatic heterocycles. The Labute approximate surface area is 239 Å². The molecule has 41 heavy (non-hydrogen) atoms. The lowest BCUT2D eigenvalue weighted by atomic mass is 9.97. The summed E-state index contributed by atoms with van der Waals surface area (Å²) in [6.07, 6.45) is -0.268. The van der Waals surface area contributed by atoms with E-state index in [0.717, 1.165) is 27.5 Å². The molecular weight excluding hydrogens is 514 g/mol. The highest BCUT2D eigenvalue weighted by Crippen LogP contribution is 2.30. The number of benzene rings is 4. The Morgan fingerprint density at radius 1 is 0.829 bits per heavy atom. The number of hydrogen-bond donors (Lipinski definition) is 1. The third-order valence-electron chi connectivity index (χ3n) is 7.95. The Morgan fingerprint density at radius 3 is 2.24 bits per heavy atom. The molecule has 0 saturated carbocycles. The van der Waals surface area contributed by atoms with E-state index in [0.29, 0.717) is 19.5 Å². The molecule has 8 nitrogen and oxygen atoms in total. The number of likely N-dealkylation sites (N-methyl/N-ethyl adjacent to an activating group) is 1. The van der Waals surface area contributed by atoms with Crippen molar-refractivity contribution in [2.75, 3.05) is 20.1 Å². The fourth-order valence-electron chi connectivity index (χ4n) is 5.98. The van der Waals surface area contributed by atoms with Crippen LogP contribution < -0.4 is 5.32 Å². The number of nitrogens with zero attached hydrogens (tertiary/aromatic N) is 4. The Kier molecular flexibility index (Phi) is 7.39. The van der Waals surface area contributed by atoms with Gasteiger partial charge >= 0.3 is 6.03 Å². The van der Waals surface area contributed by atoms with Crippen molar-refractivity contribution in [3.05, 3.63) is 120 Å². The van der Waals surface area contributed by atoms with E-state index in [9.17, 15) is 14.4 Å². The van der Waals surface area contributed by atoms with Crippen molar-refractivity contribution in [2.45, 2.75) is 31.7 Å². The van der Waals surface area contributed by atoms with Crippen LogP contribution in [0, 0.1) is 0 Å². The molecule has 2 atom stereocenters. The van der Waals surface area contributed by atoms with Crippen molar-refractivity contribution < 1.29 is 14.4 Å². The number of carbonyl (C=O) groups excluding carboxylic acids is 3. The Balaban J connectivity index is 1.34. The number of rotatable bonds is 6. The maximum Gasteiger partial charge on any atom is 0.334 e. The van der Waals surface area contributed by atoms with Gasteiger partial charge in [0.05, 0.1) is 13.1 Å². The van der Waals surface area contributed by atoms with Gasteiger partial charge in [-0.2, -0.15) is 0 Å². The van der Waals surface area contributed by atoms with Crippen LogP contribution >= 0.6 is 0 Å². The molecule has 4 aromatic carbocycles. The molecule has 208 valence electrons. The normalized spacial score (nSPS) is 19.4. The summed E-state index contributed by atoms with van der Waals surface area (Å²) in [5, 5.41) is 8.47. The zero-order valence-corrected chi connectivity index (χ0v) is 23.0. The van der Waals surface area contributed by atoms with Gasteiger partial charge in [0.15, 0.2) is 0 Å². The molecule has 2 fully saturated rings. The number of fused-ring (bicyclic) bond motifs is 2. The highest BCUT2D eigenvalue weighted by atomic mass is 16.2. The van der Waals surface area contributed by atoms with Crippen LogP contribution in [0.5, 0.6) is 0 Å². The molecule has 2 aliphatic rings. The minimum Gasteiger partial charge on any atom is -0.333 e. The van der Waals surface area contributed by atoms with Gasteiger partial charge in [0.25, 0.3) is 0 Å². The first-order valence-electron chi connectivity index (χ1n) is 13.9. The summed E-state index contributed by atoms with van der Waals surface area (Å²) < 4.78 is 0. The maximum atomic E-state index is 14.1. The van der Waals surface area contributed by atoms with Crippen LogP contribution in [0.15, 0.2) is 103 Å². The van der Waals surface area contributed by atoms with E-state index in [1.165, 1.54) is 0 Å². The predicted molar refractivity (Wildman–Crippen MR) is 157 cm³/mol. The van der Waals surface area contributed by atoms with Crippen LogP contribution in [0.3, 0.4) is 0 Å². The molecule has 0 spiro atoms. The number of urea groups is 1. The van der Waals surface area contributed by atoms with Crippen LogP contribution in [-0.4, -0.2) is 70.0 Å². The first kappa shape index (κ1) is 26.5. The fourth-order valence-corrected chi connectivity index (χ4v) is 5.98. The van der Waals surface area contributed by atoms with E-state index in [4.69, 9.17) is 0 Å². The highest BCUT2D eigenvalue weighted by molar-refractivity contribution is 5.92. The van der Waals surface area contributed by atoms with Crippen LogP contribution in [0.25, 0.3) is 10.8 Å². The Morgan fingerprint density at radius 2 is 1.49 bits per heavy atom. The van der Waals surface area contributed by atoms with Gasteiger partial charge in [0.1, 0.15) is 12.2 Å². The van der Waals surface area contributed by atoms with E-state index < -0.39 is 12.2 Å². The number of carbonyl (C=O) groups is 3. The van der Waals surface area contributed by atoms with Crippen LogP contribution in [0.2, 0.25) is 0 Å². The highest BCUT2D eigenvalue weighted by Gasteiger charge is 2.50. The molecule has 4 aromatic rings. The molecule has 0 aliphatic carbocycles. The summed E-state index contributed by atoms with van der Waals surface area (Å²) in [5.41, 5.74) is 2.97. The average Bonchev–Trinajstić information content (AvgIpc) is 2.99.